The Labute approximate surface area is 184 Å². The van der Waals surface area contributed by atoms with Crippen molar-refractivity contribution in [2.45, 2.75) is 52.1 Å². The van der Waals surface area contributed by atoms with Gasteiger partial charge in [-0.1, -0.05) is 13.8 Å². The van der Waals surface area contributed by atoms with Gasteiger partial charge in [0.15, 0.2) is 17.3 Å². The van der Waals surface area contributed by atoms with E-state index in [4.69, 9.17) is 18.9 Å². The second kappa shape index (κ2) is 10.2. The lowest BCUT2D eigenvalue weighted by atomic mass is 9.80. The van der Waals surface area contributed by atoms with E-state index in [1.165, 1.54) is 0 Å². The molecule has 1 aromatic rings. The zero-order valence-electron chi connectivity index (χ0n) is 19.1. The molecular weight excluding hydrogens is 398 g/mol. The number of esters is 1. The fourth-order valence-corrected chi connectivity index (χ4v) is 4.35. The Bertz CT molecular complexity index is 847. The quantitative estimate of drug-likeness (QED) is 0.337. The molecule has 2 aliphatic rings. The van der Waals surface area contributed by atoms with Gasteiger partial charge in [0.25, 0.3) is 0 Å². The fraction of sp³-hybridized carbons (Fsp3) is 0.583. The maximum Gasteiger partial charge on any atom is 0.343 e. The topological polar surface area (TPSA) is 74.3 Å². The van der Waals surface area contributed by atoms with E-state index >= 15 is 0 Å². The third-order valence-electron chi connectivity index (χ3n) is 5.93. The van der Waals surface area contributed by atoms with Crippen molar-refractivity contribution >= 4 is 11.8 Å². The lowest BCUT2D eigenvalue weighted by molar-refractivity contribution is -0.140. The number of hydrogen-bond donors (Lipinski definition) is 0. The summed E-state index contributed by atoms with van der Waals surface area (Å²) >= 11 is 0. The van der Waals surface area contributed by atoms with Crippen molar-refractivity contribution in [1.29, 1.82) is 0 Å². The fourth-order valence-electron chi connectivity index (χ4n) is 4.35. The van der Waals surface area contributed by atoms with Crippen molar-refractivity contribution in [3.63, 3.8) is 0 Å². The van der Waals surface area contributed by atoms with Crippen molar-refractivity contribution in [2.24, 2.45) is 5.92 Å². The summed E-state index contributed by atoms with van der Waals surface area (Å²) in [5, 5.41) is 0. The Morgan fingerprint density at radius 3 is 2.58 bits per heavy atom. The summed E-state index contributed by atoms with van der Waals surface area (Å²) in [6.07, 6.45) is 3.53. The van der Waals surface area contributed by atoms with Crippen LogP contribution in [-0.2, 0) is 25.5 Å². The molecule has 2 atom stereocenters. The predicted octanol–water partition coefficient (Wildman–Crippen LogP) is 3.45. The molecule has 0 saturated heterocycles. The van der Waals surface area contributed by atoms with E-state index in [-0.39, 0.29) is 36.5 Å². The molecule has 2 heterocycles. The molecule has 31 heavy (non-hydrogen) atoms. The van der Waals surface area contributed by atoms with Gasteiger partial charge in [0.05, 0.1) is 26.4 Å². The van der Waals surface area contributed by atoms with Crippen LogP contribution in [0.3, 0.4) is 0 Å². The molecule has 1 aromatic carbocycles. The van der Waals surface area contributed by atoms with Gasteiger partial charge in [-0.2, -0.15) is 0 Å². The van der Waals surface area contributed by atoms with Gasteiger partial charge in [-0.15, -0.1) is 0 Å². The van der Waals surface area contributed by atoms with E-state index in [9.17, 15) is 9.59 Å². The van der Waals surface area contributed by atoms with Gasteiger partial charge in [0, 0.05) is 38.8 Å². The van der Waals surface area contributed by atoms with Gasteiger partial charge in [0.1, 0.15) is 5.57 Å². The van der Waals surface area contributed by atoms with E-state index in [1.807, 2.05) is 12.1 Å². The molecule has 0 aromatic heterocycles. The number of carbonyl (C=O) groups is 2. The SMILES string of the molecule is CCOC(=O)C1=CN2C(CC1=O)c1cc(OC)c(OCCCOC)cc1C[C@H]2C(C)C. The first-order valence-electron chi connectivity index (χ1n) is 10.9. The molecule has 0 bridgehead atoms. The zero-order chi connectivity index (χ0) is 22.5. The number of benzene rings is 1. The lowest BCUT2D eigenvalue weighted by Gasteiger charge is -2.46. The zero-order valence-corrected chi connectivity index (χ0v) is 19.1. The van der Waals surface area contributed by atoms with Crippen LogP contribution in [0.2, 0.25) is 0 Å². The maximum atomic E-state index is 12.8. The standard InChI is InChI=1S/C24H33NO6/c1-6-30-24(27)18-14-25-19(15(2)3)10-16-11-23(31-9-7-8-28-4)22(29-5)12-17(16)20(25)13-21(18)26/h11-12,14-15,19-20H,6-10,13H2,1-5H3/t19-,20?/m0/s1. The molecule has 0 aliphatic carbocycles. The third-order valence-corrected chi connectivity index (χ3v) is 5.93. The van der Waals surface area contributed by atoms with E-state index in [1.54, 1.807) is 27.3 Å². The molecule has 170 valence electrons. The maximum absolute atomic E-state index is 12.8. The van der Waals surface area contributed by atoms with Gasteiger partial charge in [0.2, 0.25) is 0 Å². The van der Waals surface area contributed by atoms with E-state index in [2.05, 4.69) is 18.7 Å². The highest BCUT2D eigenvalue weighted by molar-refractivity contribution is 6.17. The monoisotopic (exact) mass is 431 g/mol. The smallest absolute Gasteiger partial charge is 0.343 e. The average Bonchev–Trinajstić information content (AvgIpc) is 2.75. The molecule has 0 fully saturated rings. The van der Waals surface area contributed by atoms with Crippen LogP contribution in [0, 0.1) is 5.92 Å². The predicted molar refractivity (Wildman–Crippen MR) is 116 cm³/mol. The highest BCUT2D eigenvalue weighted by Gasteiger charge is 2.41. The van der Waals surface area contributed by atoms with Crippen molar-refractivity contribution in [2.75, 3.05) is 34.0 Å². The van der Waals surface area contributed by atoms with Crippen LogP contribution in [0.15, 0.2) is 23.9 Å². The van der Waals surface area contributed by atoms with Crippen LogP contribution in [0.5, 0.6) is 11.5 Å². The van der Waals surface area contributed by atoms with Crippen LogP contribution in [0.25, 0.3) is 0 Å². The van der Waals surface area contributed by atoms with Crippen molar-refractivity contribution in [1.82, 2.24) is 4.90 Å². The minimum atomic E-state index is -0.545. The molecule has 1 unspecified atom stereocenters. The number of ether oxygens (including phenoxy) is 4. The normalized spacial score (nSPS) is 20.1. The second-order valence-corrected chi connectivity index (χ2v) is 8.27. The van der Waals surface area contributed by atoms with Gasteiger partial charge in [-0.3, -0.25) is 4.79 Å². The molecule has 0 radical (unpaired) electrons. The summed E-state index contributed by atoms with van der Waals surface area (Å²) in [6.45, 7) is 7.48. The lowest BCUT2D eigenvalue weighted by Crippen LogP contribution is -2.47. The number of carbonyl (C=O) groups excluding carboxylic acids is 2. The number of hydrogen-bond acceptors (Lipinski definition) is 7. The summed E-state index contributed by atoms with van der Waals surface area (Å²) < 4.78 is 21.8. The summed E-state index contributed by atoms with van der Waals surface area (Å²) in [7, 11) is 3.29. The highest BCUT2D eigenvalue weighted by atomic mass is 16.5. The molecule has 2 aliphatic heterocycles. The summed E-state index contributed by atoms with van der Waals surface area (Å²) in [5.74, 6) is 0.951. The second-order valence-electron chi connectivity index (χ2n) is 8.27. The van der Waals surface area contributed by atoms with Crippen molar-refractivity contribution in [3.8, 4) is 11.5 Å². The van der Waals surface area contributed by atoms with Gasteiger partial charge in [-0.05, 0) is 42.5 Å². The van der Waals surface area contributed by atoms with E-state index in [0.717, 1.165) is 24.0 Å². The first-order chi connectivity index (χ1) is 14.9. The molecule has 0 amide bonds. The van der Waals surface area contributed by atoms with Gasteiger partial charge in [-0.25, -0.2) is 4.79 Å². The van der Waals surface area contributed by atoms with Crippen LogP contribution in [-0.4, -0.2) is 56.7 Å². The van der Waals surface area contributed by atoms with Crippen LogP contribution >= 0.6 is 0 Å². The van der Waals surface area contributed by atoms with E-state index < -0.39 is 5.97 Å². The Balaban J connectivity index is 1.97. The Kier molecular flexibility index (Phi) is 7.59. The van der Waals surface area contributed by atoms with Crippen LogP contribution in [0.1, 0.15) is 50.8 Å². The molecule has 3 rings (SSSR count). The molecular formula is C24H33NO6. The molecule has 0 saturated carbocycles. The first kappa shape index (κ1) is 23.1. The number of methoxy groups -OCH3 is 2. The number of Topliss-reactive ketones (excluding diaryl/α,β-unsaturated/α-hetero) is 1. The third kappa shape index (κ3) is 4.87. The van der Waals surface area contributed by atoms with Gasteiger partial charge < -0.3 is 23.8 Å². The molecule has 7 heteroatoms. The number of fused-ring (bicyclic) bond motifs is 3. The largest absolute Gasteiger partial charge is 0.493 e. The number of rotatable bonds is 9. The minimum Gasteiger partial charge on any atom is -0.493 e. The average molecular weight is 432 g/mol. The van der Waals surface area contributed by atoms with Crippen LogP contribution in [0.4, 0.5) is 0 Å². The Morgan fingerprint density at radius 2 is 1.94 bits per heavy atom. The summed E-state index contributed by atoms with van der Waals surface area (Å²) in [6, 6.07) is 4.04. The summed E-state index contributed by atoms with van der Waals surface area (Å²) in [5.41, 5.74) is 2.34. The Morgan fingerprint density at radius 1 is 1.16 bits per heavy atom. The number of nitrogens with zero attached hydrogens (tertiary/aromatic N) is 1. The van der Waals surface area contributed by atoms with Crippen molar-refractivity contribution in [3.05, 3.63) is 35.0 Å². The molecule has 0 spiro atoms. The Hall–Kier alpha value is -2.54. The summed E-state index contributed by atoms with van der Waals surface area (Å²) in [4.78, 5) is 27.3. The highest BCUT2D eigenvalue weighted by Crippen LogP contribution is 2.45. The van der Waals surface area contributed by atoms with Crippen LogP contribution < -0.4 is 9.47 Å². The van der Waals surface area contributed by atoms with Crippen molar-refractivity contribution < 1.29 is 28.5 Å². The minimum absolute atomic E-state index is 0.136. The van der Waals surface area contributed by atoms with E-state index in [0.29, 0.717) is 30.6 Å². The molecule has 0 N–H and O–H groups in total. The first-order valence-corrected chi connectivity index (χ1v) is 10.9. The molecule has 7 nitrogen and oxygen atoms in total. The number of ketones is 1. The van der Waals surface area contributed by atoms with Gasteiger partial charge >= 0.3 is 5.97 Å².